The van der Waals surface area contributed by atoms with Crippen molar-refractivity contribution in [2.24, 2.45) is 4.99 Å². The molecule has 25 heavy (non-hydrogen) atoms. The number of hydrogen-bond acceptors (Lipinski definition) is 4. The molecule has 3 N–H and O–H groups in total. The molecule has 0 saturated carbocycles. The van der Waals surface area contributed by atoms with Crippen molar-refractivity contribution in [3.63, 3.8) is 0 Å². The Morgan fingerprint density at radius 1 is 1.24 bits per heavy atom. The van der Waals surface area contributed by atoms with Crippen molar-refractivity contribution < 1.29 is 5.11 Å². The topological polar surface area (TPSA) is 99.1 Å². The van der Waals surface area contributed by atoms with Gasteiger partial charge < -0.3 is 10.1 Å². The quantitative estimate of drug-likeness (QED) is 0.503. The highest BCUT2D eigenvalue weighted by atomic mass is 16.3. The molecule has 0 amide bonds. The predicted octanol–water partition coefficient (Wildman–Crippen LogP) is 2.81. The van der Waals surface area contributed by atoms with Crippen LogP contribution in [0.25, 0.3) is 16.7 Å². The second-order valence-corrected chi connectivity index (χ2v) is 5.66. The van der Waals surface area contributed by atoms with Gasteiger partial charge in [0.15, 0.2) is 5.88 Å². The Bertz CT molecular complexity index is 1130. The molecule has 0 unspecified atom stereocenters. The van der Waals surface area contributed by atoms with Gasteiger partial charge in [0.05, 0.1) is 16.9 Å². The van der Waals surface area contributed by atoms with Crippen molar-refractivity contribution >= 4 is 22.9 Å². The Kier molecular flexibility index (Phi) is 3.46. The Labute approximate surface area is 142 Å². The number of nitrogens with one attached hydrogen (secondary N) is 2. The smallest absolute Gasteiger partial charge is 0.264 e. The number of benzene rings is 1. The van der Waals surface area contributed by atoms with Gasteiger partial charge in [-0.1, -0.05) is 0 Å². The molecule has 0 aliphatic heterocycles. The van der Waals surface area contributed by atoms with Crippen LogP contribution in [0.4, 0.5) is 5.69 Å². The van der Waals surface area contributed by atoms with Crippen LogP contribution in [-0.2, 0) is 0 Å². The van der Waals surface area contributed by atoms with Crippen LogP contribution in [0.1, 0.15) is 11.3 Å². The number of aryl methyl sites for hydroxylation is 1. The fourth-order valence-electron chi connectivity index (χ4n) is 2.74. The molecule has 0 saturated heterocycles. The second kappa shape index (κ2) is 5.79. The van der Waals surface area contributed by atoms with E-state index in [4.69, 9.17) is 0 Å². The molecular formula is C18H15N5O2. The van der Waals surface area contributed by atoms with Crippen molar-refractivity contribution in [1.29, 1.82) is 0 Å². The molecule has 0 atom stereocenters. The van der Waals surface area contributed by atoms with Gasteiger partial charge in [0, 0.05) is 29.6 Å². The summed E-state index contributed by atoms with van der Waals surface area (Å²) in [6.45, 7) is 1.86. The zero-order valence-electron chi connectivity index (χ0n) is 13.4. The summed E-state index contributed by atoms with van der Waals surface area (Å²) in [5, 5.41) is 13.6. The van der Waals surface area contributed by atoms with Gasteiger partial charge in [-0.2, -0.15) is 0 Å². The number of nitrogens with zero attached hydrogens (tertiary/aromatic N) is 3. The molecule has 3 aromatic heterocycles. The first-order valence-electron chi connectivity index (χ1n) is 7.70. The average Bonchev–Trinajstić information content (AvgIpc) is 3.11. The lowest BCUT2D eigenvalue weighted by atomic mass is 10.2. The van der Waals surface area contributed by atoms with E-state index in [-0.39, 0.29) is 11.4 Å². The molecule has 4 rings (SSSR count). The van der Waals surface area contributed by atoms with E-state index in [1.54, 1.807) is 23.2 Å². The summed E-state index contributed by atoms with van der Waals surface area (Å²) in [6, 6.07) is 12.6. The molecule has 1 aromatic carbocycles. The maximum atomic E-state index is 11.4. The number of pyridine rings is 1. The van der Waals surface area contributed by atoms with Crippen molar-refractivity contribution in [3.05, 3.63) is 70.3 Å². The van der Waals surface area contributed by atoms with Crippen molar-refractivity contribution in [1.82, 2.24) is 19.7 Å². The molecule has 0 bridgehead atoms. The minimum Gasteiger partial charge on any atom is -0.494 e. The van der Waals surface area contributed by atoms with Crippen molar-refractivity contribution in [2.75, 3.05) is 0 Å². The predicted molar refractivity (Wildman–Crippen MR) is 96.1 cm³/mol. The van der Waals surface area contributed by atoms with E-state index in [1.807, 2.05) is 43.3 Å². The Balaban J connectivity index is 1.64. The number of aromatic hydroxyl groups is 1. The molecule has 7 nitrogen and oxygen atoms in total. The molecule has 3 heterocycles. The number of H-pyrrole nitrogens is 2. The van der Waals surface area contributed by atoms with Gasteiger partial charge in [0.25, 0.3) is 5.56 Å². The molecule has 0 radical (unpaired) electrons. The molecule has 4 aromatic rings. The number of hydrogen-bond donors (Lipinski definition) is 3. The van der Waals surface area contributed by atoms with E-state index < -0.39 is 0 Å². The van der Waals surface area contributed by atoms with E-state index in [0.29, 0.717) is 11.2 Å². The molecule has 0 fully saturated rings. The van der Waals surface area contributed by atoms with Gasteiger partial charge in [-0.25, -0.2) is 4.98 Å². The second-order valence-electron chi connectivity index (χ2n) is 5.66. The molecular weight excluding hydrogens is 318 g/mol. The maximum absolute atomic E-state index is 11.4. The summed E-state index contributed by atoms with van der Waals surface area (Å²) in [6.07, 6.45) is 3.26. The zero-order chi connectivity index (χ0) is 17.4. The van der Waals surface area contributed by atoms with Crippen LogP contribution in [-0.4, -0.2) is 31.1 Å². The number of aromatic nitrogens is 4. The Morgan fingerprint density at radius 3 is 2.76 bits per heavy atom. The van der Waals surface area contributed by atoms with Crippen LogP contribution in [0, 0.1) is 6.92 Å². The molecule has 124 valence electrons. The molecule has 0 spiro atoms. The summed E-state index contributed by atoms with van der Waals surface area (Å²) >= 11 is 0. The summed E-state index contributed by atoms with van der Waals surface area (Å²) in [4.78, 5) is 22.8. The summed E-state index contributed by atoms with van der Waals surface area (Å²) < 4.78 is 1.72. The van der Waals surface area contributed by atoms with Crippen molar-refractivity contribution in [2.45, 2.75) is 6.92 Å². The van der Waals surface area contributed by atoms with Crippen molar-refractivity contribution in [3.8, 4) is 11.6 Å². The van der Waals surface area contributed by atoms with E-state index in [9.17, 15) is 9.90 Å². The van der Waals surface area contributed by atoms with Crippen LogP contribution in [0.3, 0.4) is 0 Å². The summed E-state index contributed by atoms with van der Waals surface area (Å²) in [5.41, 5.74) is 3.48. The minimum absolute atomic E-state index is 0.0367. The lowest BCUT2D eigenvalue weighted by molar-refractivity contribution is 0.457. The van der Waals surface area contributed by atoms with Crippen LogP contribution >= 0.6 is 0 Å². The van der Waals surface area contributed by atoms with Crippen LogP contribution in [0.5, 0.6) is 5.88 Å². The number of fused-ring (bicyclic) bond motifs is 1. The van der Waals surface area contributed by atoms with Gasteiger partial charge in [0.2, 0.25) is 0 Å². The monoisotopic (exact) mass is 333 g/mol. The highest BCUT2D eigenvalue weighted by Crippen LogP contribution is 2.25. The third-order valence-corrected chi connectivity index (χ3v) is 3.96. The molecule has 0 aliphatic carbocycles. The van der Waals surface area contributed by atoms with E-state index in [1.165, 1.54) is 0 Å². The van der Waals surface area contributed by atoms with Crippen LogP contribution in [0.15, 0.2) is 58.4 Å². The molecule has 0 aliphatic rings. The number of rotatable bonds is 3. The minimum atomic E-state index is -0.136. The van der Waals surface area contributed by atoms with E-state index in [2.05, 4.69) is 20.1 Å². The van der Waals surface area contributed by atoms with Gasteiger partial charge in [0.1, 0.15) is 5.65 Å². The first kappa shape index (κ1) is 14.9. The summed E-state index contributed by atoms with van der Waals surface area (Å²) in [7, 11) is 0. The standard InChI is InChI=1S/C18H15N5O2/c1-11-9-16(24)22-23(11)13-6-4-12(5-7-13)20-10-15-14-3-2-8-19-17(14)21-18(15)25/h2-10,25H,1H3,(H,19,21)(H,22,24). The zero-order valence-corrected chi connectivity index (χ0v) is 13.4. The van der Waals surface area contributed by atoms with Gasteiger partial charge in [-0.3, -0.25) is 19.6 Å². The van der Waals surface area contributed by atoms with Gasteiger partial charge in [-0.15, -0.1) is 0 Å². The third-order valence-electron chi connectivity index (χ3n) is 3.96. The highest BCUT2D eigenvalue weighted by molar-refractivity contribution is 6.01. The van der Waals surface area contributed by atoms with Gasteiger partial charge in [-0.05, 0) is 43.3 Å². The average molecular weight is 333 g/mol. The number of aromatic amines is 2. The van der Waals surface area contributed by atoms with Crippen LogP contribution in [0.2, 0.25) is 0 Å². The highest BCUT2D eigenvalue weighted by Gasteiger charge is 2.09. The first-order valence-corrected chi connectivity index (χ1v) is 7.70. The third kappa shape index (κ3) is 2.72. The Hall–Kier alpha value is -3.61. The lowest BCUT2D eigenvalue weighted by Gasteiger charge is -2.05. The first-order chi connectivity index (χ1) is 12.1. The maximum Gasteiger partial charge on any atom is 0.264 e. The SMILES string of the molecule is Cc1cc(=O)[nH]n1-c1ccc(N=Cc2c(O)[nH]c3ncccc23)cc1. The van der Waals surface area contributed by atoms with E-state index in [0.717, 1.165) is 22.5 Å². The largest absolute Gasteiger partial charge is 0.494 e. The van der Waals surface area contributed by atoms with E-state index >= 15 is 0 Å². The summed E-state index contributed by atoms with van der Waals surface area (Å²) in [5.74, 6) is 0.0367. The fourth-order valence-corrected chi connectivity index (χ4v) is 2.74. The Morgan fingerprint density at radius 2 is 2.04 bits per heavy atom. The normalized spacial score (nSPS) is 11.6. The fraction of sp³-hybridized carbons (Fsp3) is 0.0556. The van der Waals surface area contributed by atoms with Crippen LogP contribution < -0.4 is 5.56 Å². The molecule has 7 heteroatoms. The lowest BCUT2D eigenvalue weighted by Crippen LogP contribution is -2.03. The number of aliphatic imine (C=N–C) groups is 1. The van der Waals surface area contributed by atoms with Gasteiger partial charge >= 0.3 is 0 Å².